The number of rotatable bonds is 2. The molecule has 3 rings (SSSR count). The van der Waals surface area contributed by atoms with E-state index in [9.17, 15) is 4.39 Å². The Kier molecular flexibility index (Phi) is 3.13. The first-order valence-corrected chi connectivity index (χ1v) is 6.32. The molecule has 0 radical (unpaired) electrons. The molecule has 0 atom stereocenters. The van der Waals surface area contributed by atoms with Gasteiger partial charge in [0.15, 0.2) is 0 Å². The lowest BCUT2D eigenvalue weighted by molar-refractivity contribution is 0.632. The molecule has 98 valence electrons. The van der Waals surface area contributed by atoms with Crippen molar-refractivity contribution in [1.82, 2.24) is 9.78 Å². The summed E-state index contributed by atoms with van der Waals surface area (Å²) in [6.45, 7) is 7.44. The van der Waals surface area contributed by atoms with Crippen molar-refractivity contribution in [3.05, 3.63) is 70.4 Å². The Bertz CT molecular complexity index is 815. The first-order chi connectivity index (χ1) is 9.67. The van der Waals surface area contributed by atoms with Gasteiger partial charge in [0.1, 0.15) is 5.82 Å². The van der Waals surface area contributed by atoms with Crippen molar-refractivity contribution in [3.8, 4) is 0 Å². The molecule has 5 heteroatoms. The predicted octanol–water partition coefficient (Wildman–Crippen LogP) is 4.43. The molecule has 20 heavy (non-hydrogen) atoms. The van der Waals surface area contributed by atoms with Gasteiger partial charge in [0.2, 0.25) is 5.69 Å². The van der Waals surface area contributed by atoms with E-state index in [0.717, 1.165) is 10.9 Å². The zero-order chi connectivity index (χ0) is 14.1. The third-order valence-electron chi connectivity index (χ3n) is 3.08. The lowest BCUT2D eigenvalue weighted by Crippen LogP contribution is -2.01. The molecule has 0 saturated heterocycles. The van der Waals surface area contributed by atoms with Crippen LogP contribution in [-0.2, 0) is 6.54 Å². The fourth-order valence-electron chi connectivity index (χ4n) is 2.06. The molecule has 0 aliphatic rings. The van der Waals surface area contributed by atoms with Crippen LogP contribution in [0.15, 0.2) is 42.6 Å². The van der Waals surface area contributed by atoms with Crippen LogP contribution >= 0.6 is 11.6 Å². The normalized spacial score (nSPS) is 10.7. The second-order valence-corrected chi connectivity index (χ2v) is 4.84. The van der Waals surface area contributed by atoms with Gasteiger partial charge in [-0.25, -0.2) is 9.24 Å². The Morgan fingerprint density at radius 2 is 2.00 bits per heavy atom. The molecular formula is C15H9ClFN3. The maximum atomic E-state index is 13.7. The molecule has 0 saturated carbocycles. The van der Waals surface area contributed by atoms with E-state index in [4.69, 9.17) is 18.2 Å². The van der Waals surface area contributed by atoms with Crippen molar-refractivity contribution in [2.45, 2.75) is 6.54 Å². The molecule has 0 aliphatic heterocycles. The Morgan fingerprint density at radius 1 is 1.25 bits per heavy atom. The van der Waals surface area contributed by atoms with E-state index in [2.05, 4.69) is 9.94 Å². The smallest absolute Gasteiger partial charge is 0.222 e. The summed E-state index contributed by atoms with van der Waals surface area (Å²) >= 11 is 5.84. The number of halogens is 2. The summed E-state index contributed by atoms with van der Waals surface area (Å²) in [4.78, 5) is 3.15. The average Bonchev–Trinajstić information content (AvgIpc) is 2.83. The molecular weight excluding hydrogens is 277 g/mol. The summed E-state index contributed by atoms with van der Waals surface area (Å²) in [6.07, 6.45) is 1.64. The molecule has 1 aromatic heterocycles. The molecule has 0 fully saturated rings. The van der Waals surface area contributed by atoms with Crippen LogP contribution in [0.4, 0.5) is 10.1 Å². The van der Waals surface area contributed by atoms with E-state index >= 15 is 0 Å². The van der Waals surface area contributed by atoms with Crippen LogP contribution in [0.25, 0.3) is 15.7 Å². The van der Waals surface area contributed by atoms with Crippen LogP contribution < -0.4 is 0 Å². The van der Waals surface area contributed by atoms with E-state index in [-0.39, 0.29) is 5.69 Å². The van der Waals surface area contributed by atoms with Crippen LogP contribution in [0.2, 0.25) is 5.02 Å². The summed E-state index contributed by atoms with van der Waals surface area (Å²) < 4.78 is 15.4. The fraction of sp³-hybridized carbons (Fsp3) is 0.0667. The molecule has 3 aromatic rings. The molecule has 0 spiro atoms. The van der Waals surface area contributed by atoms with Crippen molar-refractivity contribution in [3.63, 3.8) is 0 Å². The molecule has 3 nitrogen and oxygen atoms in total. The van der Waals surface area contributed by atoms with Gasteiger partial charge < -0.3 is 0 Å². The highest BCUT2D eigenvalue weighted by atomic mass is 35.5. The van der Waals surface area contributed by atoms with Crippen LogP contribution in [0.3, 0.4) is 0 Å². The molecule has 0 bridgehead atoms. The topological polar surface area (TPSA) is 22.2 Å². The lowest BCUT2D eigenvalue weighted by atomic mass is 10.2. The Labute approximate surface area is 120 Å². The van der Waals surface area contributed by atoms with Gasteiger partial charge in [-0.3, -0.25) is 4.68 Å². The average molecular weight is 286 g/mol. The maximum absolute atomic E-state index is 13.7. The standard InChI is InChI=1S/C15H9ClFN3/c1-18-14-6-11-8-19-20(15(11)7-13(14)17)9-10-2-4-12(16)5-3-10/h2-8H,9H2. The van der Waals surface area contributed by atoms with Gasteiger partial charge in [0, 0.05) is 10.4 Å². The van der Waals surface area contributed by atoms with Crippen molar-refractivity contribution < 1.29 is 4.39 Å². The zero-order valence-corrected chi connectivity index (χ0v) is 11.1. The third-order valence-corrected chi connectivity index (χ3v) is 3.33. The minimum atomic E-state index is -0.523. The quantitative estimate of drug-likeness (QED) is 0.639. The van der Waals surface area contributed by atoms with E-state index in [1.807, 2.05) is 12.1 Å². The van der Waals surface area contributed by atoms with Gasteiger partial charge >= 0.3 is 0 Å². The van der Waals surface area contributed by atoms with Crippen molar-refractivity contribution in [1.29, 1.82) is 0 Å². The van der Waals surface area contributed by atoms with Gasteiger partial charge in [-0.05, 0) is 29.8 Å². The molecule has 1 heterocycles. The number of hydrogen-bond donors (Lipinski definition) is 0. The van der Waals surface area contributed by atoms with Crippen LogP contribution in [0.5, 0.6) is 0 Å². The first-order valence-electron chi connectivity index (χ1n) is 5.94. The number of nitrogens with zero attached hydrogens (tertiary/aromatic N) is 3. The van der Waals surface area contributed by atoms with E-state index in [1.165, 1.54) is 12.1 Å². The highest BCUT2D eigenvalue weighted by molar-refractivity contribution is 6.30. The molecule has 0 aliphatic carbocycles. The maximum Gasteiger partial charge on any atom is 0.222 e. The van der Waals surface area contributed by atoms with Crippen molar-refractivity contribution >= 4 is 28.2 Å². The molecule has 2 aromatic carbocycles. The van der Waals surface area contributed by atoms with Gasteiger partial charge in [0.05, 0.1) is 24.8 Å². The summed E-state index contributed by atoms with van der Waals surface area (Å²) in [5, 5.41) is 5.67. The first kappa shape index (κ1) is 12.6. The molecule has 0 amide bonds. The van der Waals surface area contributed by atoms with Crippen molar-refractivity contribution in [2.75, 3.05) is 0 Å². The van der Waals surface area contributed by atoms with Crippen molar-refractivity contribution in [2.24, 2.45) is 0 Å². The minimum absolute atomic E-state index is 0.0172. The van der Waals surface area contributed by atoms with Crippen LogP contribution in [0.1, 0.15) is 5.56 Å². The highest BCUT2D eigenvalue weighted by Gasteiger charge is 2.09. The van der Waals surface area contributed by atoms with Gasteiger partial charge in [0.25, 0.3) is 0 Å². The zero-order valence-electron chi connectivity index (χ0n) is 10.3. The SMILES string of the molecule is [C-]#[N+]c1cc2cnn(Cc3ccc(Cl)cc3)c2cc1F. The molecule has 0 N–H and O–H groups in total. The van der Waals surface area contributed by atoms with Gasteiger partial charge in [-0.2, -0.15) is 5.10 Å². The van der Waals surface area contributed by atoms with E-state index < -0.39 is 5.82 Å². The van der Waals surface area contributed by atoms with E-state index in [0.29, 0.717) is 17.1 Å². The number of hydrogen-bond acceptors (Lipinski definition) is 1. The van der Waals surface area contributed by atoms with Crippen LogP contribution in [-0.4, -0.2) is 9.78 Å². The summed E-state index contributed by atoms with van der Waals surface area (Å²) in [6, 6.07) is 10.3. The van der Waals surface area contributed by atoms with Crippen LogP contribution in [0, 0.1) is 12.4 Å². The summed E-state index contributed by atoms with van der Waals surface area (Å²) in [7, 11) is 0. The summed E-state index contributed by atoms with van der Waals surface area (Å²) in [5.74, 6) is -0.523. The lowest BCUT2D eigenvalue weighted by Gasteiger charge is -2.04. The number of benzene rings is 2. The largest absolute Gasteiger partial charge is 0.260 e. The predicted molar refractivity (Wildman–Crippen MR) is 76.5 cm³/mol. The summed E-state index contributed by atoms with van der Waals surface area (Å²) in [5.41, 5.74) is 1.71. The Balaban J connectivity index is 2.02. The Hall–Kier alpha value is -2.38. The number of fused-ring (bicyclic) bond motifs is 1. The third kappa shape index (κ3) is 2.24. The van der Waals surface area contributed by atoms with Gasteiger partial charge in [-0.15, -0.1) is 0 Å². The minimum Gasteiger partial charge on any atom is -0.260 e. The Morgan fingerprint density at radius 3 is 2.70 bits per heavy atom. The van der Waals surface area contributed by atoms with E-state index in [1.54, 1.807) is 23.0 Å². The second kappa shape index (κ2) is 4.95. The molecule has 0 unspecified atom stereocenters. The second-order valence-electron chi connectivity index (χ2n) is 4.40. The van der Waals surface area contributed by atoms with Gasteiger partial charge in [-0.1, -0.05) is 23.7 Å². The number of aromatic nitrogens is 2. The monoisotopic (exact) mass is 285 g/mol. The fourth-order valence-corrected chi connectivity index (χ4v) is 2.19. The highest BCUT2D eigenvalue weighted by Crippen LogP contribution is 2.25.